The second-order valence-electron chi connectivity index (χ2n) is 1.96. The van der Waals surface area contributed by atoms with Gasteiger partial charge in [0.25, 0.3) is 0 Å². The van der Waals surface area contributed by atoms with Gasteiger partial charge < -0.3 is 5.32 Å². The molecule has 0 rings (SSSR count). The molecule has 1 N–H and O–H groups in total. The van der Waals surface area contributed by atoms with E-state index in [9.17, 15) is 0 Å². The first kappa shape index (κ1) is 9.14. The number of nitrogens with zero attached hydrogens (tertiary/aromatic N) is 2. The van der Waals surface area contributed by atoms with Gasteiger partial charge in [0, 0.05) is 20.5 Å². The van der Waals surface area contributed by atoms with E-state index in [0.717, 1.165) is 18.1 Å². The summed E-state index contributed by atoms with van der Waals surface area (Å²) in [5.74, 6) is 1.88. The number of hydrogen-bond donors (Lipinski definition) is 1. The molecule has 58 valence electrons. The van der Waals surface area contributed by atoms with Crippen molar-refractivity contribution in [1.82, 2.24) is 5.32 Å². The van der Waals surface area contributed by atoms with Crippen molar-refractivity contribution < 1.29 is 0 Å². The van der Waals surface area contributed by atoms with Crippen LogP contribution in [0.4, 0.5) is 0 Å². The molecule has 0 aromatic carbocycles. The predicted octanol–water partition coefficient (Wildman–Crippen LogP) is 1.06. The maximum atomic E-state index is 4.02. The Morgan fingerprint density at radius 2 is 1.90 bits per heavy atom. The number of aliphatic imine (C=N–C) groups is 2. The van der Waals surface area contributed by atoms with Crippen molar-refractivity contribution in [3.8, 4) is 0 Å². The molecule has 0 atom stereocenters. The predicted molar refractivity (Wildman–Crippen MR) is 45.8 cm³/mol. The average Bonchev–Trinajstić information content (AvgIpc) is 1.99. The van der Waals surface area contributed by atoms with E-state index < -0.39 is 0 Å². The largest absolute Gasteiger partial charge is 0.333 e. The minimum Gasteiger partial charge on any atom is -0.333 e. The van der Waals surface area contributed by atoms with Crippen molar-refractivity contribution in [3.05, 3.63) is 0 Å². The van der Waals surface area contributed by atoms with Crippen molar-refractivity contribution >= 4 is 11.7 Å². The third kappa shape index (κ3) is 3.22. The Balaban J connectivity index is 3.88. The van der Waals surface area contributed by atoms with Crippen LogP contribution in [-0.4, -0.2) is 25.8 Å². The summed E-state index contributed by atoms with van der Waals surface area (Å²) in [6, 6.07) is 0. The van der Waals surface area contributed by atoms with Gasteiger partial charge in [0.2, 0.25) is 0 Å². The zero-order valence-electron chi connectivity index (χ0n) is 7.10. The smallest absolute Gasteiger partial charge is 0.101 e. The van der Waals surface area contributed by atoms with E-state index in [1.54, 1.807) is 14.1 Å². The van der Waals surface area contributed by atoms with Gasteiger partial charge in [-0.3, -0.25) is 9.98 Å². The third-order valence-corrected chi connectivity index (χ3v) is 1.27. The summed E-state index contributed by atoms with van der Waals surface area (Å²) >= 11 is 0. The monoisotopic (exact) mass is 141 g/mol. The molecule has 3 heteroatoms. The molecular weight excluding hydrogens is 126 g/mol. The first-order chi connectivity index (χ1) is 4.74. The van der Waals surface area contributed by atoms with Gasteiger partial charge in [-0.2, -0.15) is 0 Å². The normalized spacial score (nSPS) is 13.6. The topological polar surface area (TPSA) is 36.8 Å². The van der Waals surface area contributed by atoms with Crippen molar-refractivity contribution in [2.75, 3.05) is 14.1 Å². The van der Waals surface area contributed by atoms with Crippen molar-refractivity contribution in [3.63, 3.8) is 0 Å². The molecule has 0 heterocycles. The number of amidine groups is 2. The van der Waals surface area contributed by atoms with Crippen molar-refractivity contribution in [1.29, 1.82) is 0 Å². The Morgan fingerprint density at radius 3 is 2.20 bits per heavy atom. The Bertz CT molecular complexity index is 147. The summed E-state index contributed by atoms with van der Waals surface area (Å²) in [4.78, 5) is 7.97. The molecular formula is C7H15N3. The fourth-order valence-electron chi connectivity index (χ4n) is 0.567. The quantitative estimate of drug-likeness (QED) is 0.430. The Hall–Kier alpha value is -0.860. The molecule has 0 radical (unpaired) electrons. The van der Waals surface area contributed by atoms with E-state index in [1.807, 2.05) is 6.92 Å². The van der Waals surface area contributed by atoms with E-state index in [-0.39, 0.29) is 0 Å². The lowest BCUT2D eigenvalue weighted by Crippen LogP contribution is -2.27. The molecule has 0 fully saturated rings. The highest BCUT2D eigenvalue weighted by Gasteiger charge is 1.92. The number of hydrogen-bond acceptors (Lipinski definition) is 2. The minimum atomic E-state index is 0.905. The first-order valence-electron chi connectivity index (χ1n) is 3.40. The van der Waals surface area contributed by atoms with Gasteiger partial charge in [0.15, 0.2) is 0 Å². The van der Waals surface area contributed by atoms with Crippen LogP contribution in [0, 0.1) is 0 Å². The fraction of sp³-hybridized carbons (Fsp3) is 0.714. The molecule has 0 spiro atoms. The van der Waals surface area contributed by atoms with E-state index in [0.29, 0.717) is 0 Å². The number of rotatable bonds is 1. The van der Waals surface area contributed by atoms with Gasteiger partial charge >= 0.3 is 0 Å². The second kappa shape index (κ2) is 4.97. The van der Waals surface area contributed by atoms with Gasteiger partial charge in [-0.1, -0.05) is 6.92 Å². The van der Waals surface area contributed by atoms with Crippen LogP contribution >= 0.6 is 0 Å². The SMILES string of the molecule is CC/C(=N/C)N/C(C)=N/C. The zero-order valence-corrected chi connectivity index (χ0v) is 7.10. The summed E-state index contributed by atoms with van der Waals surface area (Å²) in [7, 11) is 3.53. The molecule has 10 heavy (non-hydrogen) atoms. The van der Waals surface area contributed by atoms with Crippen LogP contribution in [0.2, 0.25) is 0 Å². The molecule has 0 aliphatic heterocycles. The fourth-order valence-corrected chi connectivity index (χ4v) is 0.567. The van der Waals surface area contributed by atoms with E-state index in [1.165, 1.54) is 0 Å². The minimum absolute atomic E-state index is 0.905. The highest BCUT2D eigenvalue weighted by Crippen LogP contribution is 1.80. The maximum absolute atomic E-state index is 4.02. The molecule has 0 aliphatic rings. The Morgan fingerprint density at radius 1 is 1.30 bits per heavy atom. The van der Waals surface area contributed by atoms with Crippen LogP contribution < -0.4 is 5.32 Å². The molecule has 0 unspecified atom stereocenters. The molecule has 0 aliphatic carbocycles. The maximum Gasteiger partial charge on any atom is 0.101 e. The van der Waals surface area contributed by atoms with Gasteiger partial charge in [-0.15, -0.1) is 0 Å². The van der Waals surface area contributed by atoms with Gasteiger partial charge in [0.1, 0.15) is 5.84 Å². The Labute approximate surface area is 62.3 Å². The molecule has 0 amide bonds. The summed E-state index contributed by atoms with van der Waals surface area (Å²) in [5, 5.41) is 3.07. The van der Waals surface area contributed by atoms with Crippen molar-refractivity contribution in [2.24, 2.45) is 9.98 Å². The van der Waals surface area contributed by atoms with Gasteiger partial charge in [-0.25, -0.2) is 0 Å². The van der Waals surface area contributed by atoms with E-state index in [4.69, 9.17) is 0 Å². The zero-order chi connectivity index (χ0) is 7.98. The lowest BCUT2D eigenvalue weighted by Gasteiger charge is -2.04. The van der Waals surface area contributed by atoms with Crippen LogP contribution in [0.25, 0.3) is 0 Å². The third-order valence-electron chi connectivity index (χ3n) is 1.27. The van der Waals surface area contributed by atoms with Crippen LogP contribution in [0.3, 0.4) is 0 Å². The lowest BCUT2D eigenvalue weighted by atomic mass is 10.4. The molecule has 3 nitrogen and oxygen atoms in total. The molecule has 0 aromatic heterocycles. The summed E-state index contributed by atoms with van der Waals surface area (Å²) in [6.45, 7) is 3.97. The molecule has 0 aromatic rings. The number of nitrogens with one attached hydrogen (secondary N) is 1. The van der Waals surface area contributed by atoms with E-state index >= 15 is 0 Å². The standard InChI is InChI=1S/C7H15N3/c1-5-7(9-4)10-6(2)8-3/h5H2,1-4H3,(H,8,9,10). The first-order valence-corrected chi connectivity index (χ1v) is 3.40. The average molecular weight is 141 g/mol. The van der Waals surface area contributed by atoms with Gasteiger partial charge in [-0.05, 0) is 6.92 Å². The summed E-state index contributed by atoms with van der Waals surface area (Å²) in [6.07, 6.45) is 0.920. The van der Waals surface area contributed by atoms with Crippen LogP contribution in [0.15, 0.2) is 9.98 Å². The highest BCUT2D eigenvalue weighted by atomic mass is 15.0. The second-order valence-corrected chi connectivity index (χ2v) is 1.96. The highest BCUT2D eigenvalue weighted by molar-refractivity contribution is 5.99. The van der Waals surface area contributed by atoms with Crippen LogP contribution in [0.5, 0.6) is 0 Å². The summed E-state index contributed by atoms with van der Waals surface area (Å²) in [5.41, 5.74) is 0. The van der Waals surface area contributed by atoms with E-state index in [2.05, 4.69) is 22.2 Å². The van der Waals surface area contributed by atoms with Crippen LogP contribution in [0.1, 0.15) is 20.3 Å². The Kier molecular flexibility index (Phi) is 4.54. The van der Waals surface area contributed by atoms with Crippen LogP contribution in [-0.2, 0) is 0 Å². The molecule has 0 bridgehead atoms. The lowest BCUT2D eigenvalue weighted by molar-refractivity contribution is 1.13. The van der Waals surface area contributed by atoms with Gasteiger partial charge in [0.05, 0.1) is 5.84 Å². The molecule has 0 saturated heterocycles. The summed E-state index contributed by atoms with van der Waals surface area (Å²) < 4.78 is 0. The molecule has 0 saturated carbocycles. The van der Waals surface area contributed by atoms with Crippen molar-refractivity contribution in [2.45, 2.75) is 20.3 Å².